The maximum atomic E-state index is 11.3. The fourth-order valence-corrected chi connectivity index (χ4v) is 3.19. The molecule has 3 rings (SSSR count). The summed E-state index contributed by atoms with van der Waals surface area (Å²) in [7, 11) is 1.97. The van der Waals surface area contributed by atoms with Crippen LogP contribution in [-0.2, 0) is 16.6 Å². The Morgan fingerprint density at radius 3 is 2.64 bits per heavy atom. The van der Waals surface area contributed by atoms with Crippen molar-refractivity contribution in [3.05, 3.63) is 60.3 Å². The Bertz CT molecular complexity index is 1180. The Kier molecular flexibility index (Phi) is 7.74. The van der Waals surface area contributed by atoms with Crippen LogP contribution in [0.2, 0.25) is 0 Å². The van der Waals surface area contributed by atoms with E-state index in [-0.39, 0.29) is 13.3 Å². The van der Waals surface area contributed by atoms with Gasteiger partial charge in [-0.15, -0.1) is 0 Å². The minimum Gasteiger partial charge on any atom is -0.481 e. The zero-order chi connectivity index (χ0) is 23.8. The van der Waals surface area contributed by atoms with Gasteiger partial charge in [0, 0.05) is 30.7 Å². The van der Waals surface area contributed by atoms with E-state index in [1.165, 1.54) is 0 Å². The second-order valence-corrected chi connectivity index (χ2v) is 7.96. The van der Waals surface area contributed by atoms with Crippen molar-refractivity contribution in [1.29, 1.82) is 0 Å². The number of anilines is 2. The number of aliphatic carboxylic acids is 1. The molecule has 0 aliphatic heterocycles. The summed E-state index contributed by atoms with van der Waals surface area (Å²) in [6, 6.07) is 15.8. The van der Waals surface area contributed by atoms with Gasteiger partial charge in [0.05, 0.1) is 23.1 Å². The van der Waals surface area contributed by atoms with Crippen LogP contribution >= 0.6 is 0 Å². The predicted molar refractivity (Wildman–Crippen MR) is 133 cm³/mol. The summed E-state index contributed by atoms with van der Waals surface area (Å²) in [6.07, 6.45) is 3.74. The zero-order valence-electron chi connectivity index (χ0n) is 19.2. The van der Waals surface area contributed by atoms with Gasteiger partial charge in [-0.05, 0) is 49.9 Å². The highest BCUT2D eigenvalue weighted by Crippen LogP contribution is 2.23. The molecule has 1 aromatic heterocycles. The Morgan fingerprint density at radius 1 is 1.27 bits per heavy atom. The van der Waals surface area contributed by atoms with Crippen molar-refractivity contribution >= 4 is 47.1 Å². The van der Waals surface area contributed by atoms with E-state index >= 15 is 0 Å². The summed E-state index contributed by atoms with van der Waals surface area (Å²) in [4.78, 5) is 24.1. The summed E-state index contributed by atoms with van der Waals surface area (Å²) < 4.78 is 7.48. The van der Waals surface area contributed by atoms with Crippen LogP contribution in [0.5, 0.6) is 0 Å². The first kappa shape index (κ1) is 23.9. The van der Waals surface area contributed by atoms with Gasteiger partial charge in [0.1, 0.15) is 6.73 Å². The number of carboxylic acid groups (broad SMARTS) is 1. The maximum absolute atomic E-state index is 11.3. The van der Waals surface area contributed by atoms with Gasteiger partial charge in [-0.2, -0.15) is 0 Å². The first-order valence-electron chi connectivity index (χ1n) is 10.6. The molecule has 2 N–H and O–H groups in total. The Hall–Kier alpha value is -3.78. The quantitative estimate of drug-likeness (QED) is 0.321. The molecular weight excluding hydrogens is 418 g/mol. The number of benzene rings is 2. The number of hydrogen-bond donors (Lipinski definition) is 2. The lowest BCUT2D eigenvalue weighted by Gasteiger charge is -2.21. The molecule has 8 nitrogen and oxygen atoms in total. The van der Waals surface area contributed by atoms with E-state index in [1.807, 2.05) is 67.1 Å². The van der Waals surface area contributed by atoms with Gasteiger partial charge in [0.2, 0.25) is 5.95 Å². The number of aryl methyl sites for hydroxylation is 1. The molecule has 0 fully saturated rings. The van der Waals surface area contributed by atoms with Gasteiger partial charge in [-0.1, -0.05) is 31.2 Å². The summed E-state index contributed by atoms with van der Waals surface area (Å²) in [6.45, 7) is 7.17. The molecular formula is C25H29N5O3. The Labute approximate surface area is 193 Å². The van der Waals surface area contributed by atoms with Crippen molar-refractivity contribution in [1.82, 2.24) is 9.55 Å². The van der Waals surface area contributed by atoms with Crippen LogP contribution < -0.4 is 5.32 Å². The topological polar surface area (TPSA) is 101 Å². The van der Waals surface area contributed by atoms with Crippen molar-refractivity contribution in [2.24, 2.45) is 22.4 Å². The normalized spacial score (nSPS) is 13.8. The second-order valence-electron chi connectivity index (χ2n) is 7.96. The van der Waals surface area contributed by atoms with Gasteiger partial charge in [0.25, 0.3) is 0 Å². The third-order valence-corrected chi connectivity index (χ3v) is 5.61. The number of imidazole rings is 1. The molecule has 1 atom stereocenters. The number of para-hydroxylation sites is 2. The first-order chi connectivity index (χ1) is 15.9. The maximum Gasteiger partial charge on any atom is 0.311 e. The summed E-state index contributed by atoms with van der Waals surface area (Å²) >= 11 is 0. The van der Waals surface area contributed by atoms with Gasteiger partial charge in [0.15, 0.2) is 0 Å². The van der Waals surface area contributed by atoms with Crippen molar-refractivity contribution in [3.8, 4) is 0 Å². The number of ether oxygens (including phenoxy) is 1. The number of fused-ring (bicyclic) bond motifs is 1. The molecule has 3 aromatic rings. The molecule has 0 amide bonds. The summed E-state index contributed by atoms with van der Waals surface area (Å²) in [5, 5.41) is 12.6. The molecule has 8 heteroatoms. The molecule has 0 radical (unpaired) electrons. The van der Waals surface area contributed by atoms with Crippen LogP contribution in [-0.4, -0.2) is 46.9 Å². The Balaban J connectivity index is 1.65. The number of aromatic nitrogens is 2. The van der Waals surface area contributed by atoms with Crippen LogP contribution in [0.1, 0.15) is 25.8 Å². The van der Waals surface area contributed by atoms with Crippen LogP contribution in [0, 0.1) is 5.41 Å². The molecule has 172 valence electrons. The Morgan fingerprint density at radius 2 is 2.00 bits per heavy atom. The lowest BCUT2D eigenvalue weighted by molar-refractivity contribution is -0.151. The first-order valence-corrected chi connectivity index (χ1v) is 10.6. The highest BCUT2D eigenvalue weighted by Gasteiger charge is 2.31. The molecule has 2 aromatic carbocycles. The van der Waals surface area contributed by atoms with Gasteiger partial charge < -0.3 is 19.7 Å². The number of nitrogens with zero attached hydrogens (tertiary/aromatic N) is 4. The highest BCUT2D eigenvalue weighted by molar-refractivity contribution is 6.09. The molecule has 0 aliphatic rings. The van der Waals surface area contributed by atoms with Gasteiger partial charge >= 0.3 is 5.97 Å². The lowest BCUT2D eigenvalue weighted by Crippen LogP contribution is -2.32. The fraction of sp³-hybridized carbons (Fsp3) is 0.280. The summed E-state index contributed by atoms with van der Waals surface area (Å²) in [5.74, 6) is -0.121. The molecule has 0 saturated heterocycles. The number of nitrogens with one attached hydrogen (secondary N) is 1. The van der Waals surface area contributed by atoms with Crippen LogP contribution in [0.15, 0.2) is 64.7 Å². The fourth-order valence-electron chi connectivity index (χ4n) is 3.19. The van der Waals surface area contributed by atoms with Gasteiger partial charge in [-0.25, -0.2) is 4.98 Å². The van der Waals surface area contributed by atoms with E-state index in [0.717, 1.165) is 33.8 Å². The van der Waals surface area contributed by atoms with Crippen LogP contribution in [0.3, 0.4) is 0 Å². The number of allylic oxidation sites excluding steroid dienone is 1. The van der Waals surface area contributed by atoms with Crippen molar-refractivity contribution < 1.29 is 14.6 Å². The number of carbonyl (C=O) groups is 1. The van der Waals surface area contributed by atoms with Crippen molar-refractivity contribution in [2.45, 2.75) is 20.3 Å². The van der Waals surface area contributed by atoms with Crippen molar-refractivity contribution in [2.75, 3.05) is 18.7 Å². The number of rotatable bonds is 11. The van der Waals surface area contributed by atoms with Gasteiger partial charge in [-0.3, -0.25) is 14.8 Å². The average molecular weight is 448 g/mol. The van der Waals surface area contributed by atoms with E-state index in [2.05, 4.69) is 27.0 Å². The molecule has 1 heterocycles. The van der Waals surface area contributed by atoms with E-state index in [0.29, 0.717) is 6.42 Å². The van der Waals surface area contributed by atoms with E-state index in [4.69, 9.17) is 4.74 Å². The molecule has 0 bridgehead atoms. The summed E-state index contributed by atoms with van der Waals surface area (Å²) in [5.41, 5.74) is 3.64. The smallest absolute Gasteiger partial charge is 0.311 e. The van der Waals surface area contributed by atoms with E-state index in [9.17, 15) is 9.90 Å². The number of aliphatic imine (C=N–C) groups is 2. The average Bonchev–Trinajstić information content (AvgIpc) is 3.13. The van der Waals surface area contributed by atoms with E-state index < -0.39 is 11.4 Å². The van der Waals surface area contributed by atoms with E-state index in [1.54, 1.807) is 19.3 Å². The molecule has 0 aliphatic carbocycles. The zero-order valence-corrected chi connectivity index (χ0v) is 19.2. The molecule has 33 heavy (non-hydrogen) atoms. The van der Waals surface area contributed by atoms with Crippen LogP contribution in [0.4, 0.5) is 11.6 Å². The molecule has 0 spiro atoms. The SMILES string of the molecule is C=N/C=C(\C=N/COCC(C)(CC)C(=O)O)c1ccc(Nc2nc3ccccc3n2C)cc1. The third kappa shape index (κ3) is 5.72. The molecule has 0 saturated carbocycles. The minimum atomic E-state index is -0.918. The van der Waals surface area contributed by atoms with Crippen molar-refractivity contribution in [3.63, 3.8) is 0 Å². The highest BCUT2D eigenvalue weighted by atomic mass is 16.5. The third-order valence-electron chi connectivity index (χ3n) is 5.61. The largest absolute Gasteiger partial charge is 0.481 e. The number of hydrogen-bond acceptors (Lipinski definition) is 6. The minimum absolute atomic E-state index is 0.0592. The standard InChI is InChI=1S/C25H29N5O3/c1-5-25(2,23(31)32)16-33-17-27-15-19(14-26-3)18-10-12-20(13-11-18)28-24-29-21-8-6-7-9-22(21)30(24)4/h6-15H,3,5,16-17H2,1-2,4H3,(H,28,29)(H,31,32)/b19-14+,27-15-. The predicted octanol–water partition coefficient (Wildman–Crippen LogP) is 4.90. The van der Waals surface area contributed by atoms with Crippen LogP contribution in [0.25, 0.3) is 16.6 Å². The monoisotopic (exact) mass is 447 g/mol. The number of carboxylic acids is 1. The second kappa shape index (κ2) is 10.7. The lowest BCUT2D eigenvalue weighted by atomic mass is 9.89. The molecule has 1 unspecified atom stereocenters.